The predicted molar refractivity (Wildman–Crippen MR) is 73.3 cm³/mol. The van der Waals surface area contributed by atoms with Gasteiger partial charge in [-0.15, -0.1) is 0 Å². The van der Waals surface area contributed by atoms with Crippen LogP contribution in [0.4, 0.5) is 5.69 Å². The third kappa shape index (κ3) is 3.25. The van der Waals surface area contributed by atoms with E-state index in [4.69, 9.17) is 15.2 Å². The molecule has 98 valence electrons. The van der Waals surface area contributed by atoms with Gasteiger partial charge < -0.3 is 15.2 Å². The molecule has 0 heterocycles. The highest BCUT2D eigenvalue weighted by molar-refractivity contribution is 5.90. The van der Waals surface area contributed by atoms with E-state index in [1.54, 1.807) is 25.1 Å². The van der Waals surface area contributed by atoms with Crippen LogP contribution in [0.5, 0.6) is 11.5 Å². The van der Waals surface area contributed by atoms with Crippen LogP contribution in [0.2, 0.25) is 0 Å². The lowest BCUT2D eigenvalue weighted by atomic mass is 10.2. The second kappa shape index (κ2) is 5.91. The van der Waals surface area contributed by atoms with Crippen molar-refractivity contribution in [1.29, 1.82) is 0 Å². The summed E-state index contributed by atoms with van der Waals surface area (Å²) in [6.45, 7) is 2.09. The number of anilines is 1. The average Bonchev–Trinajstić information content (AvgIpc) is 2.42. The first-order valence-corrected chi connectivity index (χ1v) is 6.00. The Balaban J connectivity index is 2.25. The first kappa shape index (κ1) is 13.0. The second-order valence-electron chi connectivity index (χ2n) is 3.89. The van der Waals surface area contributed by atoms with Crippen LogP contribution in [-0.2, 0) is 4.74 Å². The van der Waals surface area contributed by atoms with Gasteiger partial charge in [-0.3, -0.25) is 0 Å². The van der Waals surface area contributed by atoms with E-state index < -0.39 is 0 Å². The number of carbonyl (C=O) groups is 1. The number of nitrogen functional groups attached to an aromatic ring is 1. The van der Waals surface area contributed by atoms with E-state index in [0.29, 0.717) is 29.4 Å². The highest BCUT2D eigenvalue weighted by atomic mass is 16.5. The first-order chi connectivity index (χ1) is 9.20. The zero-order valence-electron chi connectivity index (χ0n) is 10.6. The SMILES string of the molecule is CCOC(=O)c1ccc(N)c(Oc2ccccc2)c1. The highest BCUT2D eigenvalue weighted by Crippen LogP contribution is 2.28. The molecule has 0 saturated carbocycles. The lowest BCUT2D eigenvalue weighted by molar-refractivity contribution is 0.0526. The van der Waals surface area contributed by atoms with Crippen molar-refractivity contribution >= 4 is 11.7 Å². The van der Waals surface area contributed by atoms with Gasteiger partial charge in [-0.05, 0) is 37.3 Å². The summed E-state index contributed by atoms with van der Waals surface area (Å²) in [6, 6.07) is 14.1. The molecule has 0 radical (unpaired) electrons. The van der Waals surface area contributed by atoms with Crippen LogP contribution in [0.15, 0.2) is 48.5 Å². The van der Waals surface area contributed by atoms with Crippen LogP contribution in [0.1, 0.15) is 17.3 Å². The summed E-state index contributed by atoms with van der Waals surface area (Å²) in [4.78, 5) is 11.6. The molecular weight excluding hydrogens is 242 g/mol. The van der Waals surface area contributed by atoms with Gasteiger partial charge in [0.2, 0.25) is 0 Å². The van der Waals surface area contributed by atoms with E-state index in [0.717, 1.165) is 0 Å². The molecule has 0 unspecified atom stereocenters. The van der Waals surface area contributed by atoms with Crippen LogP contribution in [0.3, 0.4) is 0 Å². The molecule has 0 spiro atoms. The van der Waals surface area contributed by atoms with E-state index in [1.165, 1.54) is 0 Å². The summed E-state index contributed by atoms with van der Waals surface area (Å²) in [6.07, 6.45) is 0. The van der Waals surface area contributed by atoms with Crippen molar-refractivity contribution in [3.05, 3.63) is 54.1 Å². The molecule has 2 N–H and O–H groups in total. The number of ether oxygens (including phenoxy) is 2. The Morgan fingerprint density at radius 1 is 1.16 bits per heavy atom. The summed E-state index contributed by atoms with van der Waals surface area (Å²) in [5, 5.41) is 0. The van der Waals surface area contributed by atoms with Crippen molar-refractivity contribution in [2.75, 3.05) is 12.3 Å². The van der Waals surface area contributed by atoms with Crippen molar-refractivity contribution in [2.24, 2.45) is 0 Å². The van der Waals surface area contributed by atoms with Crippen molar-refractivity contribution in [3.63, 3.8) is 0 Å². The van der Waals surface area contributed by atoms with E-state index >= 15 is 0 Å². The van der Waals surface area contributed by atoms with E-state index in [1.807, 2.05) is 30.3 Å². The molecule has 4 heteroatoms. The molecule has 2 rings (SSSR count). The van der Waals surface area contributed by atoms with Crippen molar-refractivity contribution in [1.82, 2.24) is 0 Å². The molecule has 0 aliphatic carbocycles. The summed E-state index contributed by atoms with van der Waals surface area (Å²) in [5.74, 6) is 0.715. The molecule has 0 fully saturated rings. The summed E-state index contributed by atoms with van der Waals surface area (Å²) in [7, 11) is 0. The normalized spacial score (nSPS) is 9.95. The molecule has 2 aromatic rings. The molecular formula is C15H15NO3. The zero-order chi connectivity index (χ0) is 13.7. The van der Waals surface area contributed by atoms with Gasteiger partial charge in [-0.25, -0.2) is 4.79 Å². The number of hydrogen-bond acceptors (Lipinski definition) is 4. The minimum atomic E-state index is -0.389. The Morgan fingerprint density at radius 2 is 1.89 bits per heavy atom. The number of esters is 1. The topological polar surface area (TPSA) is 61.5 Å². The fraction of sp³-hybridized carbons (Fsp3) is 0.133. The van der Waals surface area contributed by atoms with Gasteiger partial charge in [0.15, 0.2) is 5.75 Å². The second-order valence-corrected chi connectivity index (χ2v) is 3.89. The standard InChI is InChI=1S/C15H15NO3/c1-2-18-15(17)11-8-9-13(16)14(10-11)19-12-6-4-3-5-7-12/h3-10H,2,16H2,1H3. The van der Waals surface area contributed by atoms with Gasteiger partial charge in [0, 0.05) is 0 Å². The Hall–Kier alpha value is -2.49. The van der Waals surface area contributed by atoms with Crippen molar-refractivity contribution in [3.8, 4) is 11.5 Å². The Labute approximate surface area is 111 Å². The number of hydrogen-bond donors (Lipinski definition) is 1. The molecule has 0 aliphatic rings. The Morgan fingerprint density at radius 3 is 2.58 bits per heavy atom. The smallest absolute Gasteiger partial charge is 0.338 e. The lowest BCUT2D eigenvalue weighted by Crippen LogP contribution is -2.05. The minimum Gasteiger partial charge on any atom is -0.462 e. The van der Waals surface area contributed by atoms with Gasteiger partial charge in [0.25, 0.3) is 0 Å². The van der Waals surface area contributed by atoms with E-state index in [-0.39, 0.29) is 5.97 Å². The van der Waals surface area contributed by atoms with Crippen LogP contribution in [0, 0.1) is 0 Å². The third-order valence-electron chi connectivity index (χ3n) is 2.50. The van der Waals surface area contributed by atoms with E-state index in [2.05, 4.69) is 0 Å². The molecule has 2 aromatic carbocycles. The van der Waals surface area contributed by atoms with Crippen LogP contribution >= 0.6 is 0 Å². The van der Waals surface area contributed by atoms with Gasteiger partial charge in [0.1, 0.15) is 5.75 Å². The fourth-order valence-corrected chi connectivity index (χ4v) is 1.58. The van der Waals surface area contributed by atoms with Crippen LogP contribution in [0.25, 0.3) is 0 Å². The van der Waals surface area contributed by atoms with E-state index in [9.17, 15) is 4.79 Å². The van der Waals surface area contributed by atoms with Gasteiger partial charge >= 0.3 is 5.97 Å². The van der Waals surface area contributed by atoms with Crippen LogP contribution < -0.4 is 10.5 Å². The highest BCUT2D eigenvalue weighted by Gasteiger charge is 2.10. The first-order valence-electron chi connectivity index (χ1n) is 6.00. The van der Waals surface area contributed by atoms with Crippen molar-refractivity contribution < 1.29 is 14.3 Å². The molecule has 0 bridgehead atoms. The number of nitrogens with two attached hydrogens (primary N) is 1. The maximum absolute atomic E-state index is 11.6. The lowest BCUT2D eigenvalue weighted by Gasteiger charge is -2.10. The minimum absolute atomic E-state index is 0.331. The van der Waals surface area contributed by atoms with Gasteiger partial charge in [0.05, 0.1) is 17.9 Å². The molecule has 0 amide bonds. The van der Waals surface area contributed by atoms with Crippen molar-refractivity contribution in [2.45, 2.75) is 6.92 Å². The molecule has 19 heavy (non-hydrogen) atoms. The quantitative estimate of drug-likeness (QED) is 0.674. The summed E-state index contributed by atoms with van der Waals surface area (Å²) >= 11 is 0. The Bertz CT molecular complexity index is 567. The zero-order valence-corrected chi connectivity index (χ0v) is 10.6. The van der Waals surface area contributed by atoms with Gasteiger partial charge in [-0.2, -0.15) is 0 Å². The predicted octanol–water partition coefficient (Wildman–Crippen LogP) is 3.24. The summed E-state index contributed by atoms with van der Waals surface area (Å²) in [5.41, 5.74) is 6.72. The molecule has 4 nitrogen and oxygen atoms in total. The third-order valence-corrected chi connectivity index (χ3v) is 2.50. The number of carbonyl (C=O) groups excluding carboxylic acids is 1. The number of rotatable bonds is 4. The molecule has 0 aromatic heterocycles. The van der Waals surface area contributed by atoms with Crippen LogP contribution in [-0.4, -0.2) is 12.6 Å². The fourth-order valence-electron chi connectivity index (χ4n) is 1.58. The number of para-hydroxylation sites is 1. The number of benzene rings is 2. The maximum Gasteiger partial charge on any atom is 0.338 e. The molecule has 0 saturated heterocycles. The largest absolute Gasteiger partial charge is 0.462 e. The van der Waals surface area contributed by atoms with Gasteiger partial charge in [-0.1, -0.05) is 18.2 Å². The molecule has 0 aliphatic heterocycles. The summed E-state index contributed by atoms with van der Waals surface area (Å²) < 4.78 is 10.6. The average molecular weight is 257 g/mol. The molecule has 0 atom stereocenters. The maximum atomic E-state index is 11.6. The Kier molecular flexibility index (Phi) is 4.03. The monoisotopic (exact) mass is 257 g/mol.